The zero-order valence-corrected chi connectivity index (χ0v) is 17.0. The molecular formula is C22H17F3N4OS. The van der Waals surface area contributed by atoms with Gasteiger partial charge in [-0.2, -0.15) is 18.3 Å². The molecule has 5 nitrogen and oxygen atoms in total. The second-order valence-electron chi connectivity index (χ2n) is 7.41. The van der Waals surface area contributed by atoms with Gasteiger partial charge in [-0.15, -0.1) is 11.3 Å². The number of carbonyl (C=O) groups excluding carboxylic acids is 1. The molecule has 158 valence electrons. The van der Waals surface area contributed by atoms with Gasteiger partial charge in [0.1, 0.15) is 5.56 Å². The van der Waals surface area contributed by atoms with E-state index in [0.717, 1.165) is 37.1 Å². The molecule has 4 aromatic rings. The molecule has 3 aromatic heterocycles. The van der Waals surface area contributed by atoms with Gasteiger partial charge >= 0.3 is 6.18 Å². The van der Waals surface area contributed by atoms with E-state index in [4.69, 9.17) is 0 Å². The molecule has 0 fully saturated rings. The number of hydrogen-bond acceptors (Lipinski definition) is 4. The summed E-state index contributed by atoms with van der Waals surface area (Å²) in [4.78, 5) is 18.0. The SMILES string of the molecule is O=C(N[C@H]1CCCc2ccccc21)c1cnn2c(C(F)(F)F)cc(-c3cccs3)nc12. The van der Waals surface area contributed by atoms with Crippen LogP contribution in [0.5, 0.6) is 0 Å². The van der Waals surface area contributed by atoms with E-state index in [2.05, 4.69) is 15.4 Å². The minimum Gasteiger partial charge on any atom is -0.345 e. The average molecular weight is 442 g/mol. The van der Waals surface area contributed by atoms with E-state index in [1.54, 1.807) is 17.5 Å². The van der Waals surface area contributed by atoms with Crippen LogP contribution in [0.3, 0.4) is 0 Å². The molecule has 3 heterocycles. The monoisotopic (exact) mass is 442 g/mol. The lowest BCUT2D eigenvalue weighted by atomic mass is 9.87. The molecule has 9 heteroatoms. The topological polar surface area (TPSA) is 59.3 Å². The lowest BCUT2D eigenvalue weighted by Gasteiger charge is -2.26. The third-order valence-electron chi connectivity index (χ3n) is 5.46. The van der Waals surface area contributed by atoms with E-state index in [-0.39, 0.29) is 22.9 Å². The molecule has 1 aliphatic rings. The first-order valence-electron chi connectivity index (χ1n) is 9.80. The molecule has 0 saturated carbocycles. The Labute approximate surface area is 179 Å². The van der Waals surface area contributed by atoms with E-state index >= 15 is 0 Å². The van der Waals surface area contributed by atoms with Gasteiger partial charge in [0.25, 0.3) is 5.91 Å². The predicted octanol–water partition coefficient (Wildman–Crippen LogP) is 5.28. The molecule has 0 aliphatic heterocycles. The Hall–Kier alpha value is -3.20. The summed E-state index contributed by atoms with van der Waals surface area (Å²) >= 11 is 1.28. The molecule has 1 atom stereocenters. The maximum atomic E-state index is 13.7. The highest BCUT2D eigenvalue weighted by atomic mass is 32.1. The molecular weight excluding hydrogens is 425 g/mol. The number of amides is 1. The zero-order chi connectivity index (χ0) is 21.6. The number of halogens is 3. The van der Waals surface area contributed by atoms with Crippen LogP contribution in [0.1, 0.15) is 46.1 Å². The van der Waals surface area contributed by atoms with E-state index in [1.165, 1.54) is 16.9 Å². The van der Waals surface area contributed by atoms with Crippen LogP contribution in [0.2, 0.25) is 0 Å². The molecule has 1 N–H and O–H groups in total. The number of thiophene rings is 1. The van der Waals surface area contributed by atoms with Crippen molar-refractivity contribution < 1.29 is 18.0 Å². The normalized spacial score (nSPS) is 16.3. The van der Waals surface area contributed by atoms with Crippen LogP contribution in [0, 0.1) is 0 Å². The number of carbonyl (C=O) groups is 1. The summed E-state index contributed by atoms with van der Waals surface area (Å²) in [6.07, 6.45) is -0.853. The number of aromatic nitrogens is 3. The number of aryl methyl sites for hydroxylation is 1. The van der Waals surface area contributed by atoms with Crippen molar-refractivity contribution in [3.63, 3.8) is 0 Å². The molecule has 0 unspecified atom stereocenters. The van der Waals surface area contributed by atoms with Crippen LogP contribution < -0.4 is 5.32 Å². The third kappa shape index (κ3) is 3.59. The van der Waals surface area contributed by atoms with Crippen molar-refractivity contribution in [3.05, 3.63) is 76.4 Å². The summed E-state index contributed by atoms with van der Waals surface area (Å²) in [6.45, 7) is 0. The highest BCUT2D eigenvalue weighted by Gasteiger charge is 2.36. The van der Waals surface area contributed by atoms with Gasteiger partial charge in [0.05, 0.1) is 22.8 Å². The summed E-state index contributed by atoms with van der Waals surface area (Å²) in [5.41, 5.74) is 1.32. The van der Waals surface area contributed by atoms with E-state index < -0.39 is 17.8 Å². The highest BCUT2D eigenvalue weighted by molar-refractivity contribution is 7.13. The number of nitrogens with zero attached hydrogens (tertiary/aromatic N) is 3. The van der Waals surface area contributed by atoms with Gasteiger partial charge in [-0.25, -0.2) is 9.50 Å². The highest BCUT2D eigenvalue weighted by Crippen LogP contribution is 2.34. The van der Waals surface area contributed by atoms with Crippen LogP contribution in [-0.4, -0.2) is 20.5 Å². The fraction of sp³-hybridized carbons (Fsp3) is 0.227. The number of alkyl halides is 3. The fourth-order valence-corrected chi connectivity index (χ4v) is 4.70. The van der Waals surface area contributed by atoms with Crippen LogP contribution >= 0.6 is 11.3 Å². The van der Waals surface area contributed by atoms with Crippen molar-refractivity contribution in [3.8, 4) is 10.6 Å². The Kier molecular flexibility index (Phi) is 4.77. The predicted molar refractivity (Wildman–Crippen MR) is 111 cm³/mol. The molecule has 31 heavy (non-hydrogen) atoms. The second-order valence-corrected chi connectivity index (χ2v) is 8.36. The minimum absolute atomic E-state index is 0.0203. The van der Waals surface area contributed by atoms with Crippen molar-refractivity contribution in [2.24, 2.45) is 0 Å². The molecule has 0 saturated heterocycles. The van der Waals surface area contributed by atoms with Crippen LogP contribution in [-0.2, 0) is 12.6 Å². The summed E-state index contributed by atoms with van der Waals surface area (Å²) in [5, 5.41) is 8.58. The number of nitrogens with one attached hydrogen (secondary N) is 1. The first-order valence-corrected chi connectivity index (χ1v) is 10.7. The van der Waals surface area contributed by atoms with E-state index in [0.29, 0.717) is 9.39 Å². The Morgan fingerprint density at radius 2 is 2.03 bits per heavy atom. The van der Waals surface area contributed by atoms with Crippen LogP contribution in [0.15, 0.2) is 54.0 Å². The smallest absolute Gasteiger partial charge is 0.345 e. The third-order valence-corrected chi connectivity index (χ3v) is 6.35. The molecule has 1 aromatic carbocycles. The number of hydrogen-bond donors (Lipinski definition) is 1. The summed E-state index contributed by atoms with van der Waals surface area (Å²) in [7, 11) is 0. The lowest BCUT2D eigenvalue weighted by molar-refractivity contribution is -0.142. The molecule has 5 rings (SSSR count). The first kappa shape index (κ1) is 19.7. The second kappa shape index (κ2) is 7.49. The number of benzene rings is 1. The quantitative estimate of drug-likeness (QED) is 0.469. The van der Waals surface area contributed by atoms with Gasteiger partial charge in [-0.3, -0.25) is 4.79 Å². The maximum absolute atomic E-state index is 13.7. The number of fused-ring (bicyclic) bond motifs is 2. The van der Waals surface area contributed by atoms with Crippen molar-refractivity contribution in [2.45, 2.75) is 31.5 Å². The lowest BCUT2D eigenvalue weighted by Crippen LogP contribution is -2.31. The van der Waals surface area contributed by atoms with Gasteiger partial charge in [0.2, 0.25) is 0 Å². The Morgan fingerprint density at radius 3 is 2.81 bits per heavy atom. The van der Waals surface area contributed by atoms with Crippen molar-refractivity contribution in [1.82, 2.24) is 19.9 Å². The Balaban J connectivity index is 1.56. The van der Waals surface area contributed by atoms with Crippen molar-refractivity contribution in [1.29, 1.82) is 0 Å². The van der Waals surface area contributed by atoms with Crippen LogP contribution in [0.4, 0.5) is 13.2 Å². The van der Waals surface area contributed by atoms with E-state index in [9.17, 15) is 18.0 Å². The van der Waals surface area contributed by atoms with Gasteiger partial charge in [-0.05, 0) is 47.9 Å². The van der Waals surface area contributed by atoms with Crippen molar-refractivity contribution >= 4 is 22.9 Å². The summed E-state index contributed by atoms with van der Waals surface area (Å²) in [6, 6.07) is 12.1. The fourth-order valence-electron chi connectivity index (χ4n) is 4.02. The maximum Gasteiger partial charge on any atom is 0.433 e. The van der Waals surface area contributed by atoms with Gasteiger partial charge in [0.15, 0.2) is 11.3 Å². The average Bonchev–Trinajstić information content (AvgIpc) is 3.42. The van der Waals surface area contributed by atoms with Crippen LogP contribution in [0.25, 0.3) is 16.2 Å². The zero-order valence-electron chi connectivity index (χ0n) is 16.2. The standard InChI is InChI=1S/C22H17F3N4OS/c23-22(24,25)19-11-17(18-9-4-10-31-18)27-20-15(12-26-29(19)20)21(30)28-16-8-3-6-13-5-1-2-7-14(13)16/h1-2,4-5,7,9-12,16H,3,6,8H2,(H,28,30)/t16-/m0/s1. The number of rotatable bonds is 3. The Bertz CT molecular complexity index is 1260. The van der Waals surface area contributed by atoms with Gasteiger partial charge in [-0.1, -0.05) is 30.3 Å². The largest absolute Gasteiger partial charge is 0.433 e. The van der Waals surface area contributed by atoms with Gasteiger partial charge in [0, 0.05) is 0 Å². The molecule has 0 radical (unpaired) electrons. The van der Waals surface area contributed by atoms with E-state index in [1.807, 2.05) is 24.3 Å². The molecule has 1 amide bonds. The van der Waals surface area contributed by atoms with Crippen molar-refractivity contribution in [2.75, 3.05) is 0 Å². The first-order chi connectivity index (χ1) is 14.9. The minimum atomic E-state index is -4.64. The molecule has 1 aliphatic carbocycles. The summed E-state index contributed by atoms with van der Waals surface area (Å²) < 4.78 is 41.8. The molecule has 0 spiro atoms. The Morgan fingerprint density at radius 1 is 1.19 bits per heavy atom. The van der Waals surface area contributed by atoms with Gasteiger partial charge < -0.3 is 5.32 Å². The molecule has 0 bridgehead atoms. The summed E-state index contributed by atoms with van der Waals surface area (Å²) in [5.74, 6) is -0.486.